The van der Waals surface area contributed by atoms with Gasteiger partial charge >= 0.3 is 0 Å². The third-order valence-corrected chi connectivity index (χ3v) is 5.62. The number of alkyl halides is 2. The minimum Gasteiger partial charge on any atom is -0.210 e. The normalized spacial score (nSPS) is 20.8. The molecule has 0 saturated heterocycles. The molecule has 0 aliphatic heterocycles. The Morgan fingerprint density at radius 2 is 1.40 bits per heavy atom. The summed E-state index contributed by atoms with van der Waals surface area (Å²) >= 11 is 0. The number of hydrogen-bond acceptors (Lipinski definition) is 0. The second-order valence-corrected chi connectivity index (χ2v) is 7.37. The van der Waals surface area contributed by atoms with Crippen LogP contribution in [0.15, 0.2) is 48.5 Å². The molecular formula is C23H28F2. The van der Waals surface area contributed by atoms with Crippen molar-refractivity contribution in [2.75, 3.05) is 0 Å². The van der Waals surface area contributed by atoms with Gasteiger partial charge in [-0.25, -0.2) is 8.78 Å². The molecule has 1 aliphatic rings. The summed E-state index contributed by atoms with van der Waals surface area (Å²) in [6.07, 6.45) is 4.55. The van der Waals surface area contributed by atoms with E-state index in [-0.39, 0.29) is 5.92 Å². The second-order valence-electron chi connectivity index (χ2n) is 7.37. The summed E-state index contributed by atoms with van der Waals surface area (Å²) in [6, 6.07) is 17.6. The standard InChI is InChI=1S/C23H28F2/c1-2-3-4-17-5-7-18(8-6-17)19-9-11-20(12-10-19)21-13-15-22(16-14-21)23(24)25/h5-12,21-23H,2-4,13-16H2,1H3/t21-,22-. The smallest absolute Gasteiger partial charge is 0.210 e. The van der Waals surface area contributed by atoms with Crippen LogP contribution in [0.25, 0.3) is 11.1 Å². The van der Waals surface area contributed by atoms with Crippen LogP contribution in [0.5, 0.6) is 0 Å². The van der Waals surface area contributed by atoms with E-state index in [0.29, 0.717) is 18.8 Å². The highest BCUT2D eigenvalue weighted by Crippen LogP contribution is 2.38. The van der Waals surface area contributed by atoms with Crippen LogP contribution in [0, 0.1) is 5.92 Å². The fourth-order valence-corrected chi connectivity index (χ4v) is 3.90. The Hall–Kier alpha value is -1.70. The zero-order chi connectivity index (χ0) is 17.6. The molecule has 2 aromatic rings. The first-order valence-electron chi connectivity index (χ1n) is 9.64. The Morgan fingerprint density at radius 3 is 1.92 bits per heavy atom. The highest BCUT2D eigenvalue weighted by molar-refractivity contribution is 5.64. The molecule has 0 nitrogen and oxygen atoms in total. The lowest BCUT2D eigenvalue weighted by atomic mass is 9.78. The maximum absolute atomic E-state index is 12.8. The van der Waals surface area contributed by atoms with E-state index in [9.17, 15) is 8.78 Å². The minimum absolute atomic E-state index is 0.387. The van der Waals surface area contributed by atoms with E-state index in [1.54, 1.807) is 0 Å². The maximum atomic E-state index is 12.8. The van der Waals surface area contributed by atoms with Gasteiger partial charge in [0.25, 0.3) is 0 Å². The third kappa shape index (κ3) is 4.68. The molecule has 1 fully saturated rings. The Labute approximate surface area is 150 Å². The van der Waals surface area contributed by atoms with Gasteiger partial charge in [0.15, 0.2) is 0 Å². The summed E-state index contributed by atoms with van der Waals surface area (Å²) in [5.41, 5.74) is 5.18. The fourth-order valence-electron chi connectivity index (χ4n) is 3.90. The van der Waals surface area contributed by atoms with Crippen molar-refractivity contribution in [3.63, 3.8) is 0 Å². The van der Waals surface area contributed by atoms with E-state index < -0.39 is 6.43 Å². The van der Waals surface area contributed by atoms with Crippen molar-refractivity contribution in [1.29, 1.82) is 0 Å². The zero-order valence-corrected chi connectivity index (χ0v) is 15.1. The molecule has 0 bridgehead atoms. The molecule has 25 heavy (non-hydrogen) atoms. The van der Waals surface area contributed by atoms with Gasteiger partial charge in [0.1, 0.15) is 0 Å². The summed E-state index contributed by atoms with van der Waals surface area (Å²) in [5, 5.41) is 0. The van der Waals surface area contributed by atoms with Gasteiger partial charge < -0.3 is 0 Å². The van der Waals surface area contributed by atoms with E-state index in [1.807, 2.05) is 0 Å². The van der Waals surface area contributed by atoms with Crippen LogP contribution in [0.1, 0.15) is 62.5 Å². The van der Waals surface area contributed by atoms with Gasteiger partial charge in [0, 0.05) is 5.92 Å². The molecule has 0 radical (unpaired) electrons. The van der Waals surface area contributed by atoms with Gasteiger partial charge in [-0.05, 0) is 66.7 Å². The first kappa shape index (κ1) is 18.1. The van der Waals surface area contributed by atoms with Crippen molar-refractivity contribution in [1.82, 2.24) is 0 Å². The first-order valence-corrected chi connectivity index (χ1v) is 9.64. The van der Waals surface area contributed by atoms with E-state index >= 15 is 0 Å². The molecule has 0 spiro atoms. The lowest BCUT2D eigenvalue weighted by Gasteiger charge is -2.28. The van der Waals surface area contributed by atoms with E-state index in [4.69, 9.17) is 0 Å². The van der Waals surface area contributed by atoms with Crippen molar-refractivity contribution in [3.8, 4) is 11.1 Å². The van der Waals surface area contributed by atoms with Crippen LogP contribution in [-0.2, 0) is 6.42 Å². The lowest BCUT2D eigenvalue weighted by Crippen LogP contribution is -2.19. The SMILES string of the molecule is CCCCc1ccc(-c2ccc([C@H]3CC[C@H](C(F)F)CC3)cc2)cc1. The molecule has 3 rings (SSSR count). The Morgan fingerprint density at radius 1 is 0.840 bits per heavy atom. The number of hydrogen-bond donors (Lipinski definition) is 0. The number of halogens is 2. The Bertz CT molecular complexity index is 635. The van der Waals surface area contributed by atoms with Crippen LogP contribution in [0.3, 0.4) is 0 Å². The van der Waals surface area contributed by atoms with Crippen LogP contribution >= 0.6 is 0 Å². The average molecular weight is 342 g/mol. The Kier molecular flexibility index (Phi) is 6.23. The summed E-state index contributed by atoms with van der Waals surface area (Å²) in [7, 11) is 0. The molecule has 1 saturated carbocycles. The zero-order valence-electron chi connectivity index (χ0n) is 15.1. The largest absolute Gasteiger partial charge is 0.241 e. The van der Waals surface area contributed by atoms with Gasteiger partial charge in [-0.2, -0.15) is 0 Å². The van der Waals surface area contributed by atoms with Crippen molar-refractivity contribution < 1.29 is 8.78 Å². The van der Waals surface area contributed by atoms with Gasteiger partial charge in [-0.15, -0.1) is 0 Å². The molecule has 0 unspecified atom stereocenters. The molecular weight excluding hydrogens is 314 g/mol. The monoisotopic (exact) mass is 342 g/mol. The first-order chi connectivity index (χ1) is 12.2. The van der Waals surface area contributed by atoms with Crippen molar-refractivity contribution in [2.24, 2.45) is 5.92 Å². The average Bonchev–Trinajstić information content (AvgIpc) is 2.67. The highest BCUT2D eigenvalue weighted by Gasteiger charge is 2.27. The number of unbranched alkanes of at least 4 members (excludes halogenated alkanes) is 1. The molecule has 1 aliphatic carbocycles. The molecule has 0 amide bonds. The highest BCUT2D eigenvalue weighted by atomic mass is 19.3. The molecule has 0 atom stereocenters. The van der Waals surface area contributed by atoms with Crippen LogP contribution in [-0.4, -0.2) is 6.43 Å². The lowest BCUT2D eigenvalue weighted by molar-refractivity contribution is 0.0528. The van der Waals surface area contributed by atoms with Gasteiger partial charge in [0.2, 0.25) is 6.43 Å². The van der Waals surface area contributed by atoms with Crippen molar-refractivity contribution in [2.45, 2.75) is 64.2 Å². The van der Waals surface area contributed by atoms with Gasteiger partial charge in [-0.3, -0.25) is 0 Å². The topological polar surface area (TPSA) is 0 Å². The summed E-state index contributed by atoms with van der Waals surface area (Å²) in [6.45, 7) is 2.22. The summed E-state index contributed by atoms with van der Waals surface area (Å²) in [5.74, 6) is 0.0576. The minimum atomic E-state index is -2.15. The van der Waals surface area contributed by atoms with Crippen LogP contribution in [0.4, 0.5) is 8.78 Å². The maximum Gasteiger partial charge on any atom is 0.241 e. The number of benzene rings is 2. The quantitative estimate of drug-likeness (QED) is 0.519. The third-order valence-electron chi connectivity index (χ3n) is 5.62. The van der Waals surface area contributed by atoms with E-state index in [1.165, 1.54) is 35.1 Å². The van der Waals surface area contributed by atoms with Gasteiger partial charge in [0.05, 0.1) is 0 Å². The number of rotatable bonds is 6. The summed E-state index contributed by atoms with van der Waals surface area (Å²) < 4.78 is 25.6. The second kappa shape index (κ2) is 8.60. The Balaban J connectivity index is 1.62. The predicted octanol–water partition coefficient (Wildman–Crippen LogP) is 7.24. The fraction of sp³-hybridized carbons (Fsp3) is 0.478. The molecule has 0 aromatic heterocycles. The molecule has 134 valence electrons. The summed E-state index contributed by atoms with van der Waals surface area (Å²) in [4.78, 5) is 0. The number of aryl methyl sites for hydroxylation is 1. The van der Waals surface area contributed by atoms with E-state index in [2.05, 4.69) is 55.5 Å². The van der Waals surface area contributed by atoms with Crippen molar-refractivity contribution >= 4 is 0 Å². The predicted molar refractivity (Wildman–Crippen MR) is 101 cm³/mol. The molecule has 0 N–H and O–H groups in total. The molecule has 0 heterocycles. The van der Waals surface area contributed by atoms with E-state index in [0.717, 1.165) is 19.3 Å². The van der Waals surface area contributed by atoms with Gasteiger partial charge in [-0.1, -0.05) is 61.9 Å². The van der Waals surface area contributed by atoms with Crippen LogP contribution < -0.4 is 0 Å². The van der Waals surface area contributed by atoms with Crippen molar-refractivity contribution in [3.05, 3.63) is 59.7 Å². The molecule has 2 heteroatoms. The van der Waals surface area contributed by atoms with Crippen LogP contribution in [0.2, 0.25) is 0 Å². The molecule has 2 aromatic carbocycles.